The molecular formula is C16H15N5O2. The monoisotopic (exact) mass is 309 g/mol. The minimum Gasteiger partial charge on any atom is -0.471 e. The first-order valence-electron chi connectivity index (χ1n) is 7.37. The van der Waals surface area contributed by atoms with Crippen molar-refractivity contribution in [2.75, 3.05) is 13.1 Å². The molecule has 1 fully saturated rings. The summed E-state index contributed by atoms with van der Waals surface area (Å²) < 4.78 is 7.35. The standard InChI is InChI=1S/C16H15N5O2/c1-20-10-14(18-19-20)16(22)21-8-12(9-21)23-15-7-6-11-4-2-3-5-13(11)17-15/h2-7,10,12H,8-9H2,1H3. The lowest BCUT2D eigenvalue weighted by Crippen LogP contribution is -2.56. The number of amides is 1. The van der Waals surface area contributed by atoms with E-state index in [0.29, 0.717) is 24.7 Å². The zero-order valence-electron chi connectivity index (χ0n) is 12.6. The Hall–Kier alpha value is -2.96. The number of likely N-dealkylation sites (tertiary alicyclic amines) is 1. The Morgan fingerprint density at radius 1 is 1.22 bits per heavy atom. The molecule has 0 spiro atoms. The van der Waals surface area contributed by atoms with Crippen LogP contribution in [0.4, 0.5) is 0 Å². The summed E-state index contributed by atoms with van der Waals surface area (Å²) in [5, 5.41) is 8.68. The highest BCUT2D eigenvalue weighted by Crippen LogP contribution is 2.20. The summed E-state index contributed by atoms with van der Waals surface area (Å²) in [7, 11) is 1.73. The van der Waals surface area contributed by atoms with Gasteiger partial charge in [0.1, 0.15) is 6.10 Å². The second-order valence-electron chi connectivity index (χ2n) is 5.57. The van der Waals surface area contributed by atoms with E-state index < -0.39 is 0 Å². The Balaban J connectivity index is 1.39. The van der Waals surface area contributed by atoms with Gasteiger partial charge < -0.3 is 9.64 Å². The molecule has 1 aliphatic heterocycles. The first-order chi connectivity index (χ1) is 11.2. The van der Waals surface area contributed by atoms with E-state index in [1.54, 1.807) is 18.1 Å². The van der Waals surface area contributed by atoms with Crippen LogP contribution in [0.25, 0.3) is 10.9 Å². The van der Waals surface area contributed by atoms with Gasteiger partial charge in [-0.05, 0) is 12.1 Å². The third-order valence-electron chi connectivity index (χ3n) is 3.82. The van der Waals surface area contributed by atoms with Crippen LogP contribution in [0.3, 0.4) is 0 Å². The van der Waals surface area contributed by atoms with Crippen LogP contribution in [0.15, 0.2) is 42.6 Å². The average molecular weight is 309 g/mol. The number of pyridine rings is 1. The Morgan fingerprint density at radius 3 is 2.83 bits per heavy atom. The summed E-state index contributed by atoms with van der Waals surface area (Å²) >= 11 is 0. The van der Waals surface area contributed by atoms with E-state index in [-0.39, 0.29) is 12.0 Å². The molecule has 0 unspecified atom stereocenters. The van der Waals surface area contributed by atoms with Gasteiger partial charge in [-0.15, -0.1) is 5.10 Å². The van der Waals surface area contributed by atoms with E-state index in [1.165, 1.54) is 4.68 Å². The normalized spacial score (nSPS) is 14.7. The summed E-state index contributed by atoms with van der Waals surface area (Å²) in [5.41, 5.74) is 1.26. The molecule has 3 aromatic rings. The van der Waals surface area contributed by atoms with Crippen LogP contribution in [0.5, 0.6) is 5.88 Å². The predicted molar refractivity (Wildman–Crippen MR) is 83.1 cm³/mol. The number of nitrogens with zero attached hydrogens (tertiary/aromatic N) is 5. The van der Waals surface area contributed by atoms with Gasteiger partial charge in [0.05, 0.1) is 24.8 Å². The van der Waals surface area contributed by atoms with E-state index in [1.807, 2.05) is 36.4 Å². The minimum atomic E-state index is -0.121. The first-order valence-corrected chi connectivity index (χ1v) is 7.37. The minimum absolute atomic E-state index is 0.0377. The topological polar surface area (TPSA) is 73.1 Å². The zero-order valence-corrected chi connectivity index (χ0v) is 12.6. The molecule has 1 saturated heterocycles. The number of aromatic nitrogens is 4. The van der Waals surface area contributed by atoms with E-state index in [9.17, 15) is 4.79 Å². The number of carbonyl (C=O) groups excluding carboxylic acids is 1. The second-order valence-corrected chi connectivity index (χ2v) is 5.57. The largest absolute Gasteiger partial charge is 0.471 e. The number of hydrogen-bond acceptors (Lipinski definition) is 5. The van der Waals surface area contributed by atoms with Crippen molar-refractivity contribution in [1.82, 2.24) is 24.9 Å². The van der Waals surface area contributed by atoms with Crippen molar-refractivity contribution in [3.63, 3.8) is 0 Å². The summed E-state index contributed by atoms with van der Waals surface area (Å²) in [6.07, 6.45) is 1.57. The predicted octanol–water partition coefficient (Wildman–Crippen LogP) is 1.27. The van der Waals surface area contributed by atoms with Crippen molar-refractivity contribution in [1.29, 1.82) is 0 Å². The van der Waals surface area contributed by atoms with Crippen LogP contribution in [0.2, 0.25) is 0 Å². The van der Waals surface area contributed by atoms with Crippen LogP contribution in [0.1, 0.15) is 10.5 Å². The average Bonchev–Trinajstić information content (AvgIpc) is 2.96. The summed E-state index contributed by atoms with van der Waals surface area (Å²) in [6, 6.07) is 11.7. The smallest absolute Gasteiger partial charge is 0.276 e. The van der Waals surface area contributed by atoms with Crippen molar-refractivity contribution in [2.45, 2.75) is 6.10 Å². The van der Waals surface area contributed by atoms with E-state index in [0.717, 1.165) is 10.9 Å². The highest BCUT2D eigenvalue weighted by atomic mass is 16.5. The van der Waals surface area contributed by atoms with E-state index in [2.05, 4.69) is 15.3 Å². The van der Waals surface area contributed by atoms with Crippen LogP contribution >= 0.6 is 0 Å². The number of aryl methyl sites for hydroxylation is 1. The molecule has 0 aliphatic carbocycles. The lowest BCUT2D eigenvalue weighted by atomic mass is 10.1. The molecule has 0 bridgehead atoms. The number of rotatable bonds is 3. The second kappa shape index (κ2) is 5.35. The molecule has 1 aromatic carbocycles. The molecular weight excluding hydrogens is 294 g/mol. The van der Waals surface area contributed by atoms with Gasteiger partial charge in [0.25, 0.3) is 5.91 Å². The maximum atomic E-state index is 12.2. The van der Waals surface area contributed by atoms with Gasteiger partial charge in [-0.1, -0.05) is 23.4 Å². The fraction of sp³-hybridized carbons (Fsp3) is 0.250. The molecule has 116 valence electrons. The Morgan fingerprint density at radius 2 is 2.04 bits per heavy atom. The van der Waals surface area contributed by atoms with Crippen molar-refractivity contribution in [2.24, 2.45) is 7.05 Å². The van der Waals surface area contributed by atoms with Crippen molar-refractivity contribution in [3.05, 3.63) is 48.3 Å². The molecule has 0 radical (unpaired) electrons. The molecule has 0 N–H and O–H groups in total. The molecule has 7 nitrogen and oxygen atoms in total. The quantitative estimate of drug-likeness (QED) is 0.728. The lowest BCUT2D eigenvalue weighted by molar-refractivity contribution is 0.0157. The summed E-state index contributed by atoms with van der Waals surface area (Å²) in [5.74, 6) is 0.463. The van der Waals surface area contributed by atoms with Gasteiger partial charge in [0.2, 0.25) is 5.88 Å². The third-order valence-corrected chi connectivity index (χ3v) is 3.82. The molecule has 23 heavy (non-hydrogen) atoms. The number of fused-ring (bicyclic) bond motifs is 1. The van der Waals surface area contributed by atoms with Crippen LogP contribution in [0, 0.1) is 0 Å². The molecule has 1 aliphatic rings. The van der Waals surface area contributed by atoms with Gasteiger partial charge in [-0.2, -0.15) is 0 Å². The highest BCUT2D eigenvalue weighted by Gasteiger charge is 2.34. The van der Waals surface area contributed by atoms with Gasteiger partial charge in [0.15, 0.2) is 5.69 Å². The Kier molecular flexibility index (Phi) is 3.18. The number of carbonyl (C=O) groups is 1. The number of benzene rings is 1. The van der Waals surface area contributed by atoms with Gasteiger partial charge in [-0.25, -0.2) is 4.98 Å². The summed E-state index contributed by atoms with van der Waals surface area (Å²) in [6.45, 7) is 1.06. The Bertz CT molecular complexity index is 870. The van der Waals surface area contributed by atoms with Crippen molar-refractivity contribution < 1.29 is 9.53 Å². The maximum absolute atomic E-state index is 12.2. The van der Waals surface area contributed by atoms with Crippen molar-refractivity contribution >= 4 is 16.8 Å². The number of hydrogen-bond donors (Lipinski definition) is 0. The van der Waals surface area contributed by atoms with Gasteiger partial charge in [-0.3, -0.25) is 9.48 Å². The molecule has 0 atom stereocenters. The molecule has 2 aromatic heterocycles. The third kappa shape index (κ3) is 2.61. The number of ether oxygens (including phenoxy) is 1. The van der Waals surface area contributed by atoms with Crippen LogP contribution in [-0.2, 0) is 7.05 Å². The molecule has 4 rings (SSSR count). The van der Waals surface area contributed by atoms with Crippen LogP contribution < -0.4 is 4.74 Å². The van der Waals surface area contributed by atoms with Crippen LogP contribution in [-0.4, -0.2) is 50.0 Å². The summed E-state index contributed by atoms with van der Waals surface area (Å²) in [4.78, 5) is 18.3. The SMILES string of the molecule is Cn1cc(C(=O)N2CC(Oc3ccc4ccccc4n3)C2)nn1. The van der Waals surface area contributed by atoms with E-state index >= 15 is 0 Å². The van der Waals surface area contributed by atoms with E-state index in [4.69, 9.17) is 4.74 Å². The molecule has 7 heteroatoms. The fourth-order valence-corrected chi connectivity index (χ4v) is 2.57. The maximum Gasteiger partial charge on any atom is 0.276 e. The molecule has 3 heterocycles. The fourth-order valence-electron chi connectivity index (χ4n) is 2.57. The lowest BCUT2D eigenvalue weighted by Gasteiger charge is -2.38. The highest BCUT2D eigenvalue weighted by molar-refractivity contribution is 5.92. The zero-order chi connectivity index (χ0) is 15.8. The Labute approximate surface area is 132 Å². The molecule has 1 amide bonds. The van der Waals surface area contributed by atoms with Crippen molar-refractivity contribution in [3.8, 4) is 5.88 Å². The first kappa shape index (κ1) is 13.7. The van der Waals surface area contributed by atoms with Gasteiger partial charge >= 0.3 is 0 Å². The molecule has 0 saturated carbocycles. The number of para-hydroxylation sites is 1. The van der Waals surface area contributed by atoms with Gasteiger partial charge in [0, 0.05) is 18.5 Å².